The van der Waals surface area contributed by atoms with Crippen LogP contribution in [0.5, 0.6) is 0 Å². The van der Waals surface area contributed by atoms with Crippen molar-refractivity contribution in [2.45, 2.75) is 110 Å². The second kappa shape index (κ2) is 10.4. The van der Waals surface area contributed by atoms with E-state index in [0.29, 0.717) is 36.0 Å². The standard InChI is InChI=1S/C31H46O4/c1-20-23(18-25(32)19-27(20)33)14-11-21-8-7-17-31(5)24(15-16-26(21)31)9-6-10-28(22-12-13-22)35-29(34)30(2,3)4/h6,10-11,14,22,24-28,32-33H,1,7-9,12-13,15-19H2,2-5H3/b10-6+,21-11+,23-14-. The van der Waals surface area contributed by atoms with Gasteiger partial charge in [0.1, 0.15) is 6.10 Å². The molecule has 35 heavy (non-hydrogen) atoms. The van der Waals surface area contributed by atoms with E-state index in [1.165, 1.54) is 31.3 Å². The van der Waals surface area contributed by atoms with Gasteiger partial charge >= 0.3 is 5.97 Å². The van der Waals surface area contributed by atoms with Gasteiger partial charge in [-0.3, -0.25) is 4.79 Å². The third kappa shape index (κ3) is 6.02. The number of carbonyl (C=O) groups is 1. The Bertz CT molecular complexity index is 899. The molecule has 0 aromatic heterocycles. The molecule has 4 nitrogen and oxygen atoms in total. The molecule has 0 aliphatic heterocycles. The maximum atomic E-state index is 12.4. The van der Waals surface area contributed by atoms with Crippen molar-refractivity contribution in [1.82, 2.24) is 0 Å². The first kappa shape index (κ1) is 26.4. The summed E-state index contributed by atoms with van der Waals surface area (Å²) in [6.07, 6.45) is 18.1. The van der Waals surface area contributed by atoms with Crippen molar-refractivity contribution in [3.05, 3.63) is 47.6 Å². The van der Waals surface area contributed by atoms with Crippen molar-refractivity contribution in [1.29, 1.82) is 0 Å². The van der Waals surface area contributed by atoms with Crippen molar-refractivity contribution in [2.24, 2.45) is 28.6 Å². The number of hydrogen-bond donors (Lipinski definition) is 2. The molecule has 2 N–H and O–H groups in total. The van der Waals surface area contributed by atoms with E-state index < -0.39 is 17.6 Å². The van der Waals surface area contributed by atoms with E-state index in [1.54, 1.807) is 0 Å². The number of allylic oxidation sites excluding steroid dienone is 4. The fourth-order valence-electron chi connectivity index (χ4n) is 6.59. The third-order valence-corrected chi connectivity index (χ3v) is 9.11. The Morgan fingerprint density at radius 3 is 2.63 bits per heavy atom. The van der Waals surface area contributed by atoms with Crippen LogP contribution in [0, 0.1) is 28.6 Å². The van der Waals surface area contributed by atoms with Crippen molar-refractivity contribution in [3.63, 3.8) is 0 Å². The van der Waals surface area contributed by atoms with Crippen molar-refractivity contribution < 1.29 is 19.7 Å². The molecule has 0 aromatic rings. The van der Waals surface area contributed by atoms with Crippen molar-refractivity contribution in [2.75, 3.05) is 0 Å². The van der Waals surface area contributed by atoms with Gasteiger partial charge in [-0.15, -0.1) is 0 Å². The number of esters is 1. The molecule has 4 fully saturated rings. The van der Waals surface area contributed by atoms with E-state index in [9.17, 15) is 15.0 Å². The minimum atomic E-state index is -0.634. The lowest BCUT2D eigenvalue weighted by molar-refractivity contribution is -0.157. The van der Waals surface area contributed by atoms with Crippen LogP contribution in [0.25, 0.3) is 0 Å². The lowest BCUT2D eigenvalue weighted by atomic mass is 9.63. The van der Waals surface area contributed by atoms with Gasteiger partial charge in [0.25, 0.3) is 0 Å². The minimum Gasteiger partial charge on any atom is -0.457 e. The first-order valence-corrected chi connectivity index (χ1v) is 13.8. The molecule has 4 aliphatic rings. The van der Waals surface area contributed by atoms with Gasteiger partial charge in [-0.1, -0.05) is 37.3 Å². The fourth-order valence-corrected chi connectivity index (χ4v) is 6.59. The maximum absolute atomic E-state index is 12.4. The number of fused-ring (bicyclic) bond motifs is 1. The number of aliphatic hydroxyl groups is 2. The zero-order valence-corrected chi connectivity index (χ0v) is 22.3. The number of rotatable bonds is 6. The molecule has 0 amide bonds. The summed E-state index contributed by atoms with van der Waals surface area (Å²) in [7, 11) is 0. The number of hydrogen-bond acceptors (Lipinski definition) is 4. The summed E-state index contributed by atoms with van der Waals surface area (Å²) in [6, 6.07) is 0. The van der Waals surface area contributed by atoms with E-state index in [-0.39, 0.29) is 12.1 Å². The van der Waals surface area contributed by atoms with Crippen LogP contribution in [0.4, 0.5) is 0 Å². The Morgan fingerprint density at radius 2 is 1.94 bits per heavy atom. The summed E-state index contributed by atoms with van der Waals surface area (Å²) in [6.45, 7) is 12.3. The molecule has 0 radical (unpaired) electrons. The van der Waals surface area contributed by atoms with Crippen LogP contribution in [0.2, 0.25) is 0 Å². The van der Waals surface area contributed by atoms with Crippen LogP contribution < -0.4 is 0 Å². The van der Waals surface area contributed by atoms with Crippen LogP contribution in [-0.4, -0.2) is 34.5 Å². The Labute approximate surface area is 212 Å². The van der Waals surface area contributed by atoms with E-state index in [0.717, 1.165) is 36.8 Å². The van der Waals surface area contributed by atoms with Crippen LogP contribution in [-0.2, 0) is 9.53 Å². The lowest BCUT2D eigenvalue weighted by Crippen LogP contribution is -2.33. The molecule has 0 aromatic carbocycles. The summed E-state index contributed by atoms with van der Waals surface area (Å²) in [5.74, 6) is 1.62. The Hall–Kier alpha value is -1.65. The normalized spacial score (nSPS) is 37.1. The summed E-state index contributed by atoms with van der Waals surface area (Å²) in [4.78, 5) is 12.4. The Morgan fingerprint density at radius 1 is 1.20 bits per heavy atom. The van der Waals surface area contributed by atoms with E-state index in [1.807, 2.05) is 20.8 Å². The molecule has 194 valence electrons. The van der Waals surface area contributed by atoms with Gasteiger partial charge in [0, 0.05) is 6.42 Å². The first-order valence-electron chi connectivity index (χ1n) is 13.8. The molecule has 0 saturated heterocycles. The predicted octanol–water partition coefficient (Wildman–Crippen LogP) is 6.44. The van der Waals surface area contributed by atoms with Crippen LogP contribution >= 0.6 is 0 Å². The number of ether oxygens (including phenoxy) is 1. The summed E-state index contributed by atoms with van der Waals surface area (Å²) in [5.41, 5.74) is 3.11. The van der Waals surface area contributed by atoms with Crippen molar-refractivity contribution >= 4 is 5.97 Å². The van der Waals surface area contributed by atoms with Crippen LogP contribution in [0.1, 0.15) is 91.9 Å². The first-order chi connectivity index (χ1) is 16.5. The molecular formula is C31H46O4. The SMILES string of the molecule is C=C1/C(=C\C=C2/CCCC3(C)C(C/C=C/C(OC(=O)C(C)(C)C)C4CC4)CCC23)CC(O)CC1O. The van der Waals surface area contributed by atoms with Gasteiger partial charge in [0.05, 0.1) is 17.6 Å². The molecule has 0 bridgehead atoms. The lowest BCUT2D eigenvalue weighted by Gasteiger charge is -2.42. The van der Waals surface area contributed by atoms with E-state index in [2.05, 4.69) is 37.8 Å². The number of carbonyl (C=O) groups excluding carboxylic acids is 1. The topological polar surface area (TPSA) is 66.8 Å². The molecule has 4 heteroatoms. The van der Waals surface area contributed by atoms with Gasteiger partial charge in [0.2, 0.25) is 0 Å². The highest BCUT2D eigenvalue weighted by molar-refractivity contribution is 5.75. The summed E-state index contributed by atoms with van der Waals surface area (Å²) >= 11 is 0. The van der Waals surface area contributed by atoms with E-state index in [4.69, 9.17) is 4.74 Å². The summed E-state index contributed by atoms with van der Waals surface area (Å²) < 4.78 is 5.88. The van der Waals surface area contributed by atoms with Crippen LogP contribution in [0.15, 0.2) is 47.6 Å². The quantitative estimate of drug-likeness (QED) is 0.338. The molecule has 6 atom stereocenters. The maximum Gasteiger partial charge on any atom is 0.311 e. The minimum absolute atomic E-state index is 0.0746. The highest BCUT2D eigenvalue weighted by Crippen LogP contribution is 2.58. The predicted molar refractivity (Wildman–Crippen MR) is 141 cm³/mol. The van der Waals surface area contributed by atoms with E-state index >= 15 is 0 Å². The Kier molecular flexibility index (Phi) is 7.83. The van der Waals surface area contributed by atoms with Gasteiger partial charge in [-0.05, 0) is 119 Å². The molecule has 6 unspecified atom stereocenters. The zero-order chi connectivity index (χ0) is 25.4. The average Bonchev–Trinajstić information content (AvgIpc) is 3.57. The zero-order valence-electron chi connectivity index (χ0n) is 22.3. The highest BCUT2D eigenvalue weighted by atomic mass is 16.5. The largest absolute Gasteiger partial charge is 0.457 e. The molecule has 0 heterocycles. The molecule has 4 aliphatic carbocycles. The smallest absolute Gasteiger partial charge is 0.311 e. The second-order valence-electron chi connectivity index (χ2n) is 12.9. The van der Waals surface area contributed by atoms with Crippen molar-refractivity contribution in [3.8, 4) is 0 Å². The van der Waals surface area contributed by atoms with Gasteiger partial charge in [0.15, 0.2) is 0 Å². The number of aliphatic hydroxyl groups excluding tert-OH is 2. The second-order valence-corrected chi connectivity index (χ2v) is 12.9. The average molecular weight is 483 g/mol. The molecule has 4 rings (SSSR count). The van der Waals surface area contributed by atoms with Gasteiger partial charge in [-0.2, -0.15) is 0 Å². The monoisotopic (exact) mass is 482 g/mol. The molecular weight excluding hydrogens is 436 g/mol. The summed E-state index contributed by atoms with van der Waals surface area (Å²) in [5, 5.41) is 20.3. The molecule has 4 saturated carbocycles. The van der Waals surface area contributed by atoms with Gasteiger partial charge in [-0.25, -0.2) is 0 Å². The third-order valence-electron chi connectivity index (χ3n) is 9.11. The van der Waals surface area contributed by atoms with Crippen LogP contribution in [0.3, 0.4) is 0 Å². The van der Waals surface area contributed by atoms with Gasteiger partial charge < -0.3 is 14.9 Å². The highest BCUT2D eigenvalue weighted by Gasteiger charge is 2.48. The fraction of sp³-hybridized carbons (Fsp3) is 0.710. The Balaban J connectivity index is 1.41. The molecule has 0 spiro atoms.